The number of carbonyl (C=O) groups excluding carboxylic acids is 1. The van der Waals surface area contributed by atoms with Gasteiger partial charge in [-0.15, -0.1) is 3.98 Å². The molecule has 0 saturated heterocycles. The summed E-state index contributed by atoms with van der Waals surface area (Å²) in [7, 11) is 4.93. The van der Waals surface area contributed by atoms with Crippen molar-refractivity contribution in [1.82, 2.24) is 4.98 Å². The van der Waals surface area contributed by atoms with E-state index in [1.54, 1.807) is 33.5 Å². The number of hydrogen-bond acceptors (Lipinski definition) is 7. The van der Waals surface area contributed by atoms with Crippen molar-refractivity contribution in [2.45, 2.75) is 81.6 Å². The highest BCUT2D eigenvalue weighted by Crippen LogP contribution is 2.33. The number of aromatic nitrogens is 1. The molecular weight excluding hydrogens is 785 g/mol. The molecular formula is C51H67N2O7S+. The molecule has 1 aliphatic heterocycles. The molecule has 61 heavy (non-hydrogen) atoms. The lowest BCUT2D eigenvalue weighted by molar-refractivity contribution is -0.267. The first-order valence-electron chi connectivity index (χ1n) is 20.1. The van der Waals surface area contributed by atoms with Gasteiger partial charge in [0.15, 0.2) is 5.71 Å². The molecule has 1 aromatic heterocycles. The maximum atomic E-state index is 10.9. The van der Waals surface area contributed by atoms with Gasteiger partial charge in [0.25, 0.3) is 12.9 Å². The second-order valence-corrected chi connectivity index (χ2v) is 14.4. The molecule has 0 amide bonds. The van der Waals surface area contributed by atoms with Gasteiger partial charge in [0, 0.05) is 61.7 Å². The molecule has 10 heteroatoms. The highest BCUT2D eigenvalue weighted by atomic mass is 32.1. The summed E-state index contributed by atoms with van der Waals surface area (Å²) in [6, 6.07) is 23.8. The quantitative estimate of drug-likeness (QED) is 0.0404. The Balaban J connectivity index is 0.000000556. The molecule has 4 aromatic rings. The number of carbonyl (C=O) groups is 2. The lowest BCUT2D eigenvalue weighted by Crippen LogP contribution is -2.06. The molecule has 0 aliphatic carbocycles. The van der Waals surface area contributed by atoms with Crippen LogP contribution in [0.25, 0.3) is 17.4 Å². The lowest BCUT2D eigenvalue weighted by Gasteiger charge is -2.13. The molecule has 3 aromatic carbocycles. The van der Waals surface area contributed by atoms with Gasteiger partial charge >= 0.3 is 0 Å². The summed E-state index contributed by atoms with van der Waals surface area (Å²) in [5.41, 5.74) is 15.4. The second kappa shape index (κ2) is 29.4. The lowest BCUT2D eigenvalue weighted by atomic mass is 10.0. The Kier molecular flexibility index (Phi) is 25.6. The molecule has 0 fully saturated rings. The minimum Gasteiger partial charge on any atom is -0.496 e. The molecule has 2 N–H and O–H groups in total. The van der Waals surface area contributed by atoms with Gasteiger partial charge in [0.1, 0.15) is 30.1 Å². The van der Waals surface area contributed by atoms with Crippen molar-refractivity contribution in [1.29, 1.82) is 0 Å². The molecule has 0 unspecified atom stereocenters. The van der Waals surface area contributed by atoms with Gasteiger partial charge in [-0.2, -0.15) is 0 Å². The second-order valence-electron chi connectivity index (χ2n) is 14.0. The Bertz CT molecular complexity index is 2150. The third kappa shape index (κ3) is 17.0. The van der Waals surface area contributed by atoms with Crippen LogP contribution in [-0.2, 0) is 25.5 Å². The van der Waals surface area contributed by atoms with Crippen LogP contribution in [0.5, 0.6) is 11.5 Å². The Morgan fingerprint density at radius 3 is 1.95 bits per heavy atom. The van der Waals surface area contributed by atoms with E-state index in [1.807, 2.05) is 72.4 Å². The summed E-state index contributed by atoms with van der Waals surface area (Å²) < 4.78 is 22.7. The normalized spacial score (nSPS) is 12.7. The van der Waals surface area contributed by atoms with Crippen LogP contribution in [0, 0.1) is 27.7 Å². The molecule has 1 aliphatic rings. The van der Waals surface area contributed by atoms with Crippen molar-refractivity contribution >= 4 is 48.9 Å². The van der Waals surface area contributed by atoms with E-state index in [9.17, 15) is 4.79 Å². The van der Waals surface area contributed by atoms with Crippen LogP contribution in [-0.4, -0.2) is 60.7 Å². The Hall–Kier alpha value is -5.84. The highest BCUT2D eigenvalue weighted by molar-refractivity contribution is 7.73. The largest absolute Gasteiger partial charge is 0.496 e. The number of aromatic amines is 1. The van der Waals surface area contributed by atoms with Gasteiger partial charge in [0.2, 0.25) is 5.70 Å². The summed E-state index contributed by atoms with van der Waals surface area (Å²) in [5, 5.41) is 6.89. The molecule has 5 rings (SSSR count). The number of thiol groups is 1. The van der Waals surface area contributed by atoms with Crippen molar-refractivity contribution in [2.24, 2.45) is 0 Å². The molecule has 0 radical (unpaired) electrons. The Morgan fingerprint density at radius 2 is 1.44 bits per heavy atom. The van der Waals surface area contributed by atoms with Crippen LogP contribution >= 0.6 is 12.8 Å². The first-order chi connectivity index (χ1) is 29.2. The fourth-order valence-electron chi connectivity index (χ4n) is 6.60. The van der Waals surface area contributed by atoms with Gasteiger partial charge in [-0.3, -0.25) is 9.59 Å². The highest BCUT2D eigenvalue weighted by Gasteiger charge is 2.31. The van der Waals surface area contributed by atoms with Gasteiger partial charge < -0.3 is 29.0 Å². The fourth-order valence-corrected chi connectivity index (χ4v) is 6.93. The van der Waals surface area contributed by atoms with E-state index in [2.05, 4.69) is 95.1 Å². The fraction of sp³-hybridized carbons (Fsp3) is 0.314. The summed E-state index contributed by atoms with van der Waals surface area (Å²) in [4.78, 5) is 22.8. The van der Waals surface area contributed by atoms with E-state index in [1.165, 1.54) is 39.1 Å². The average Bonchev–Trinajstić information content (AvgIpc) is 3.62. The number of H-pyrrole nitrogens is 1. The third-order valence-corrected chi connectivity index (χ3v) is 10.0. The average molecular weight is 852 g/mol. The topological polar surface area (TPSA) is 110 Å². The number of para-hydroxylation sites is 2. The molecule has 9 nitrogen and oxygen atoms in total. The number of allylic oxidation sites excluding steroid dienone is 5. The monoisotopic (exact) mass is 851 g/mol. The SMILES string of the molecule is C/C=C(/OCCC1=C(C)/C(=C/c2[nH]c(C)c(CCC)c2C)[N+](S)=C1C)c1ccccc1OC=O.C=C/C=C(/C)c1ccccc1OC.COC.Cc1cccc(C)c1.O=CO. The summed E-state index contributed by atoms with van der Waals surface area (Å²) >= 11 is 4.79. The molecule has 0 atom stereocenters. The Labute approximate surface area is 370 Å². The third-order valence-electron chi connectivity index (χ3n) is 9.50. The van der Waals surface area contributed by atoms with Crippen molar-refractivity contribution < 1.29 is 37.6 Å². The van der Waals surface area contributed by atoms with E-state index < -0.39 is 0 Å². The number of rotatable bonds is 13. The number of ether oxygens (including phenoxy) is 4. The molecule has 0 spiro atoms. The van der Waals surface area contributed by atoms with Gasteiger partial charge in [0.05, 0.1) is 19.3 Å². The maximum Gasteiger partial charge on any atom is 0.298 e. The zero-order chi connectivity index (χ0) is 45.9. The minimum absolute atomic E-state index is 0.250. The number of methoxy groups -OCH3 is 2. The summed E-state index contributed by atoms with van der Waals surface area (Å²) in [6.07, 6.45) is 10.8. The van der Waals surface area contributed by atoms with Gasteiger partial charge in [-0.25, -0.2) is 0 Å². The number of carboxylic acid groups (broad SMARTS) is 1. The van der Waals surface area contributed by atoms with Crippen molar-refractivity contribution in [3.05, 3.63) is 159 Å². The van der Waals surface area contributed by atoms with Crippen molar-refractivity contribution in [3.63, 3.8) is 0 Å². The summed E-state index contributed by atoms with van der Waals surface area (Å²) in [6.45, 7) is 23.3. The zero-order valence-corrected chi connectivity index (χ0v) is 39.1. The van der Waals surface area contributed by atoms with Crippen LogP contribution in [0.1, 0.15) is 92.2 Å². The predicted octanol–water partition coefficient (Wildman–Crippen LogP) is 12.1. The van der Waals surface area contributed by atoms with Crippen LogP contribution in [0.2, 0.25) is 0 Å². The first-order valence-corrected chi connectivity index (χ1v) is 20.5. The van der Waals surface area contributed by atoms with Crippen molar-refractivity contribution in [3.8, 4) is 11.5 Å². The van der Waals surface area contributed by atoms with E-state index in [-0.39, 0.29) is 6.47 Å². The first kappa shape index (κ1) is 53.2. The van der Waals surface area contributed by atoms with E-state index in [0.29, 0.717) is 24.6 Å². The number of aryl methyl sites for hydroxylation is 3. The van der Waals surface area contributed by atoms with E-state index in [4.69, 9.17) is 36.9 Å². The number of benzene rings is 3. The van der Waals surface area contributed by atoms with Gasteiger partial charge in [-0.05, 0) is 95.9 Å². The molecule has 2 heterocycles. The molecule has 0 bridgehead atoms. The predicted molar refractivity (Wildman–Crippen MR) is 257 cm³/mol. The van der Waals surface area contributed by atoms with Crippen LogP contribution < -0.4 is 9.47 Å². The van der Waals surface area contributed by atoms with Crippen LogP contribution in [0.3, 0.4) is 0 Å². The number of nitrogens with zero attached hydrogens (tertiary/aromatic N) is 1. The van der Waals surface area contributed by atoms with Crippen LogP contribution in [0.4, 0.5) is 0 Å². The van der Waals surface area contributed by atoms with Gasteiger partial charge in [-0.1, -0.05) is 97.8 Å². The number of nitrogens with one attached hydrogen (secondary N) is 1. The van der Waals surface area contributed by atoms with Crippen molar-refractivity contribution in [2.75, 3.05) is 27.9 Å². The van der Waals surface area contributed by atoms with E-state index in [0.717, 1.165) is 58.8 Å². The molecule has 328 valence electrons. The maximum absolute atomic E-state index is 10.9. The Morgan fingerprint density at radius 1 is 0.869 bits per heavy atom. The zero-order valence-electron chi connectivity index (χ0n) is 38.2. The van der Waals surface area contributed by atoms with Crippen LogP contribution in [0.15, 0.2) is 114 Å². The molecule has 0 saturated carbocycles. The smallest absolute Gasteiger partial charge is 0.298 e. The number of hydrogen-bond donors (Lipinski definition) is 3. The summed E-state index contributed by atoms with van der Waals surface area (Å²) in [5.74, 6) is 2.07. The standard InChI is InChI=1S/C28H34N2O3S.C12H14O.C8H10.C2H6O.CH2O2/c1-7-11-22-18(3)25(29-20(22)5)16-26-19(4)23(21(6)30(26)34)14-15-32-27(8-2)24-12-9-10-13-28(24)33-17-31;1-4-7-10(2)11-8-5-6-9-12(11)13-3;1-7-4-3-5-8(2)6-7;1-3-2;2-1-3/h8-10,12-13,16-17,34H,7,11,14-15H2,1-6H3;4-9H,1H2,2-3H3;3-6H,1-2H3;1-2H3;1H,(H,2,3)/p+1/b27-8+;10-7-;;;. The minimum atomic E-state index is -0.250. The van der Waals surface area contributed by atoms with E-state index >= 15 is 0 Å².